The zero-order valence-electron chi connectivity index (χ0n) is 15.8. The smallest absolute Gasteiger partial charge is 0.274 e. The highest BCUT2D eigenvalue weighted by Gasteiger charge is 2.12. The maximum atomic E-state index is 12.6. The first-order chi connectivity index (χ1) is 13.4. The molecule has 1 amide bonds. The number of Topliss-reactive ketones (excluding diaryl/α,β-unsaturated/α-hetero) is 1. The topological polar surface area (TPSA) is 93.2 Å². The van der Waals surface area contributed by atoms with Crippen molar-refractivity contribution in [2.24, 2.45) is 0 Å². The number of benzene rings is 2. The molecule has 7 heteroatoms. The molecule has 0 saturated carbocycles. The van der Waals surface area contributed by atoms with Crippen molar-refractivity contribution in [3.63, 3.8) is 0 Å². The number of aromatic nitrogens is 2. The van der Waals surface area contributed by atoms with E-state index in [2.05, 4.69) is 20.6 Å². The first-order valence-electron chi connectivity index (χ1n) is 8.64. The maximum Gasteiger partial charge on any atom is 0.274 e. The number of rotatable bonds is 6. The van der Waals surface area contributed by atoms with Gasteiger partial charge in [0, 0.05) is 29.1 Å². The maximum absolute atomic E-state index is 12.6. The molecule has 0 aliphatic carbocycles. The van der Waals surface area contributed by atoms with Crippen molar-refractivity contribution in [1.82, 2.24) is 9.97 Å². The third-order valence-corrected chi connectivity index (χ3v) is 3.94. The Kier molecular flexibility index (Phi) is 5.64. The normalized spacial score (nSPS) is 10.2. The Labute approximate surface area is 162 Å². The van der Waals surface area contributed by atoms with E-state index in [0.29, 0.717) is 34.3 Å². The van der Waals surface area contributed by atoms with Gasteiger partial charge in [0.05, 0.1) is 7.11 Å². The van der Waals surface area contributed by atoms with E-state index in [4.69, 9.17) is 4.74 Å². The number of hydrogen-bond donors (Lipinski definition) is 2. The van der Waals surface area contributed by atoms with Crippen LogP contribution in [0, 0.1) is 6.92 Å². The molecule has 3 rings (SSSR count). The lowest BCUT2D eigenvalue weighted by Crippen LogP contribution is -2.15. The van der Waals surface area contributed by atoms with Crippen LogP contribution < -0.4 is 15.4 Å². The number of carbonyl (C=O) groups is 2. The fourth-order valence-corrected chi connectivity index (χ4v) is 2.61. The van der Waals surface area contributed by atoms with Crippen LogP contribution in [-0.2, 0) is 0 Å². The van der Waals surface area contributed by atoms with Gasteiger partial charge in [-0.2, -0.15) is 0 Å². The Bertz CT molecular complexity index is 1030. The summed E-state index contributed by atoms with van der Waals surface area (Å²) in [6.45, 7) is 3.22. The summed E-state index contributed by atoms with van der Waals surface area (Å²) in [5.41, 5.74) is 2.11. The summed E-state index contributed by atoms with van der Waals surface area (Å²) >= 11 is 0. The van der Waals surface area contributed by atoms with Gasteiger partial charge in [0.2, 0.25) is 0 Å². The average Bonchev–Trinajstić information content (AvgIpc) is 2.68. The van der Waals surface area contributed by atoms with Crippen molar-refractivity contribution in [2.45, 2.75) is 13.8 Å². The van der Waals surface area contributed by atoms with Crippen LogP contribution in [0.25, 0.3) is 0 Å². The monoisotopic (exact) mass is 376 g/mol. The van der Waals surface area contributed by atoms with E-state index >= 15 is 0 Å². The molecule has 28 heavy (non-hydrogen) atoms. The van der Waals surface area contributed by atoms with Crippen molar-refractivity contribution in [2.75, 3.05) is 17.7 Å². The van der Waals surface area contributed by atoms with Crippen molar-refractivity contribution >= 4 is 28.9 Å². The molecule has 2 aromatic carbocycles. The fraction of sp³-hybridized carbons (Fsp3) is 0.143. The summed E-state index contributed by atoms with van der Waals surface area (Å²) in [5.74, 6) is 1.16. The number of nitrogens with zero attached hydrogens (tertiary/aromatic N) is 2. The van der Waals surface area contributed by atoms with Crippen molar-refractivity contribution < 1.29 is 14.3 Å². The molecule has 0 unspecified atom stereocenters. The highest BCUT2D eigenvalue weighted by molar-refractivity contribution is 6.03. The molecule has 0 atom stereocenters. The van der Waals surface area contributed by atoms with Crippen molar-refractivity contribution in [3.8, 4) is 5.75 Å². The fourth-order valence-electron chi connectivity index (χ4n) is 2.61. The number of aryl methyl sites for hydroxylation is 1. The van der Waals surface area contributed by atoms with E-state index in [1.807, 2.05) is 6.07 Å². The predicted octanol–water partition coefficient (Wildman–Crippen LogP) is 3.99. The second-order valence-electron chi connectivity index (χ2n) is 6.13. The summed E-state index contributed by atoms with van der Waals surface area (Å²) in [6.07, 6.45) is 0. The lowest BCUT2D eigenvalue weighted by atomic mass is 10.1. The average molecular weight is 376 g/mol. The second kappa shape index (κ2) is 8.30. The molecular formula is C21H20N4O3. The molecule has 0 saturated heterocycles. The van der Waals surface area contributed by atoms with Gasteiger partial charge in [0.15, 0.2) is 5.78 Å². The van der Waals surface area contributed by atoms with Crippen LogP contribution in [0.2, 0.25) is 0 Å². The van der Waals surface area contributed by atoms with Crippen molar-refractivity contribution in [3.05, 3.63) is 71.7 Å². The molecule has 0 bridgehead atoms. The predicted molar refractivity (Wildman–Crippen MR) is 107 cm³/mol. The molecule has 142 valence electrons. The van der Waals surface area contributed by atoms with E-state index in [9.17, 15) is 9.59 Å². The minimum Gasteiger partial charge on any atom is -0.497 e. The number of nitrogens with one attached hydrogen (secondary N) is 2. The standard InChI is InChI=1S/C21H20N4O3/c1-13(26)15-6-4-7-16(10-15)24-20-12-19(22-14(2)23-20)21(27)25-17-8-5-9-18(11-17)28-3/h4-12H,1-3H3,(H,25,27)(H,22,23,24). The first kappa shape index (κ1) is 19.0. The Morgan fingerprint density at radius 1 is 0.964 bits per heavy atom. The molecule has 0 spiro atoms. The Balaban J connectivity index is 1.81. The SMILES string of the molecule is COc1cccc(NC(=O)c2cc(Nc3cccc(C(C)=O)c3)nc(C)n2)c1. The minimum atomic E-state index is -0.362. The van der Waals surface area contributed by atoms with Crippen LogP contribution in [0.5, 0.6) is 5.75 Å². The van der Waals surface area contributed by atoms with E-state index in [0.717, 1.165) is 0 Å². The number of ether oxygens (including phenoxy) is 1. The molecule has 0 fully saturated rings. The summed E-state index contributed by atoms with van der Waals surface area (Å²) < 4.78 is 5.16. The number of methoxy groups -OCH3 is 1. The van der Waals surface area contributed by atoms with Gasteiger partial charge in [-0.3, -0.25) is 9.59 Å². The van der Waals surface area contributed by atoms with Crippen LogP contribution in [0.1, 0.15) is 33.6 Å². The minimum absolute atomic E-state index is 0.0270. The molecule has 3 aromatic rings. The summed E-state index contributed by atoms with van der Waals surface area (Å²) in [6, 6.07) is 15.7. The summed E-state index contributed by atoms with van der Waals surface area (Å²) in [4.78, 5) is 32.7. The number of amides is 1. The number of hydrogen-bond acceptors (Lipinski definition) is 6. The van der Waals surface area contributed by atoms with Crippen LogP contribution in [0.3, 0.4) is 0 Å². The molecule has 0 radical (unpaired) electrons. The summed E-state index contributed by atoms with van der Waals surface area (Å²) in [7, 11) is 1.56. The third-order valence-electron chi connectivity index (χ3n) is 3.94. The quantitative estimate of drug-likeness (QED) is 0.632. The molecule has 0 aliphatic rings. The Morgan fingerprint density at radius 3 is 2.46 bits per heavy atom. The van der Waals surface area contributed by atoms with Gasteiger partial charge in [-0.25, -0.2) is 9.97 Å². The van der Waals surface area contributed by atoms with E-state index in [-0.39, 0.29) is 17.4 Å². The van der Waals surface area contributed by atoms with E-state index < -0.39 is 0 Å². The zero-order valence-corrected chi connectivity index (χ0v) is 15.8. The van der Waals surface area contributed by atoms with Gasteiger partial charge in [-0.1, -0.05) is 18.2 Å². The van der Waals surface area contributed by atoms with Crippen LogP contribution in [0.15, 0.2) is 54.6 Å². The van der Waals surface area contributed by atoms with Crippen LogP contribution in [-0.4, -0.2) is 28.8 Å². The van der Waals surface area contributed by atoms with Crippen LogP contribution in [0.4, 0.5) is 17.2 Å². The molecule has 7 nitrogen and oxygen atoms in total. The molecule has 0 aliphatic heterocycles. The molecule has 1 aromatic heterocycles. The Hall–Kier alpha value is -3.74. The van der Waals surface area contributed by atoms with E-state index in [1.54, 1.807) is 62.6 Å². The van der Waals surface area contributed by atoms with Crippen LogP contribution >= 0.6 is 0 Å². The third kappa shape index (κ3) is 4.70. The number of ketones is 1. The lowest BCUT2D eigenvalue weighted by molar-refractivity contribution is 0.101. The van der Waals surface area contributed by atoms with E-state index in [1.165, 1.54) is 6.92 Å². The Morgan fingerprint density at radius 2 is 1.71 bits per heavy atom. The van der Waals surface area contributed by atoms with Gasteiger partial charge < -0.3 is 15.4 Å². The van der Waals surface area contributed by atoms with Gasteiger partial charge >= 0.3 is 0 Å². The van der Waals surface area contributed by atoms with Gasteiger partial charge in [-0.15, -0.1) is 0 Å². The highest BCUT2D eigenvalue weighted by atomic mass is 16.5. The molecule has 1 heterocycles. The number of carbonyl (C=O) groups excluding carboxylic acids is 2. The number of anilines is 3. The largest absolute Gasteiger partial charge is 0.497 e. The second-order valence-corrected chi connectivity index (χ2v) is 6.13. The summed E-state index contributed by atoms with van der Waals surface area (Å²) in [5, 5.41) is 5.91. The molecule has 2 N–H and O–H groups in total. The van der Waals surface area contributed by atoms with Gasteiger partial charge in [0.1, 0.15) is 23.1 Å². The highest BCUT2D eigenvalue weighted by Crippen LogP contribution is 2.20. The van der Waals surface area contributed by atoms with Gasteiger partial charge in [-0.05, 0) is 38.1 Å². The lowest BCUT2D eigenvalue weighted by Gasteiger charge is -2.10. The molecular weight excluding hydrogens is 356 g/mol. The first-order valence-corrected chi connectivity index (χ1v) is 8.64. The van der Waals surface area contributed by atoms with Crippen molar-refractivity contribution in [1.29, 1.82) is 0 Å². The zero-order chi connectivity index (χ0) is 20.1. The van der Waals surface area contributed by atoms with Gasteiger partial charge in [0.25, 0.3) is 5.91 Å².